The Bertz CT molecular complexity index is 572. The van der Waals surface area contributed by atoms with Crippen molar-refractivity contribution >= 4 is 11.6 Å². The molecule has 24 heavy (non-hydrogen) atoms. The van der Waals surface area contributed by atoms with E-state index in [1.807, 2.05) is 30.3 Å². The summed E-state index contributed by atoms with van der Waals surface area (Å²) in [7, 11) is 0. The summed E-state index contributed by atoms with van der Waals surface area (Å²) in [4.78, 5) is 18.6. The Hall–Kier alpha value is -1.63. The maximum atomic E-state index is 12.9. The molecule has 2 saturated heterocycles. The van der Waals surface area contributed by atoms with Gasteiger partial charge in [0.15, 0.2) is 11.8 Å². The van der Waals surface area contributed by atoms with Crippen molar-refractivity contribution in [3.63, 3.8) is 0 Å². The Morgan fingerprint density at radius 2 is 1.75 bits per heavy atom. The van der Waals surface area contributed by atoms with Crippen molar-refractivity contribution in [1.82, 2.24) is 9.80 Å². The van der Waals surface area contributed by atoms with Gasteiger partial charge in [0.1, 0.15) is 0 Å². The van der Waals surface area contributed by atoms with Gasteiger partial charge in [-0.3, -0.25) is 9.69 Å². The van der Waals surface area contributed by atoms with Crippen LogP contribution in [0.2, 0.25) is 0 Å². The van der Waals surface area contributed by atoms with Gasteiger partial charge in [-0.15, -0.1) is 0 Å². The molecular weight excluding hydrogens is 306 g/mol. The van der Waals surface area contributed by atoms with E-state index in [2.05, 4.69) is 18.7 Å². The second kappa shape index (κ2) is 6.70. The number of hydrogen-bond donors (Lipinski definition) is 2. The first-order valence-electron chi connectivity index (χ1n) is 8.69. The van der Waals surface area contributed by atoms with E-state index in [4.69, 9.17) is 0 Å². The molecule has 132 valence electrons. The van der Waals surface area contributed by atoms with Crippen molar-refractivity contribution in [3.8, 4) is 0 Å². The first kappa shape index (κ1) is 17.2. The summed E-state index contributed by atoms with van der Waals surface area (Å²) in [6.45, 7) is 7.54. The van der Waals surface area contributed by atoms with Crippen LogP contribution in [0.5, 0.6) is 0 Å². The van der Waals surface area contributed by atoms with Crippen LogP contribution >= 0.6 is 0 Å². The highest BCUT2D eigenvalue weighted by Crippen LogP contribution is 2.33. The fraction of sp³-hybridized carbons (Fsp3) is 0.611. The molecule has 2 atom stereocenters. The van der Waals surface area contributed by atoms with Crippen molar-refractivity contribution in [2.45, 2.75) is 38.1 Å². The number of carbonyl (C=O) groups is 1. The van der Waals surface area contributed by atoms with Crippen molar-refractivity contribution in [2.75, 3.05) is 37.6 Å². The molecule has 3 rings (SSSR count). The number of aliphatic hydroxyl groups excluding tert-OH is 1. The van der Waals surface area contributed by atoms with Crippen LogP contribution in [-0.4, -0.2) is 76.5 Å². The molecule has 0 bridgehead atoms. The van der Waals surface area contributed by atoms with Crippen molar-refractivity contribution < 1.29 is 15.0 Å². The zero-order valence-electron chi connectivity index (χ0n) is 14.4. The number of piperazine rings is 1. The van der Waals surface area contributed by atoms with E-state index in [9.17, 15) is 15.0 Å². The van der Waals surface area contributed by atoms with E-state index in [1.54, 1.807) is 9.80 Å². The average Bonchev–Trinajstić information content (AvgIpc) is 2.91. The lowest BCUT2D eigenvalue weighted by molar-refractivity contribution is -0.162. The van der Waals surface area contributed by atoms with Crippen molar-refractivity contribution in [3.05, 3.63) is 30.3 Å². The Morgan fingerprint density at radius 3 is 2.33 bits per heavy atom. The van der Waals surface area contributed by atoms with Gasteiger partial charge in [-0.25, -0.2) is 0 Å². The van der Waals surface area contributed by atoms with Crippen LogP contribution in [0.15, 0.2) is 30.3 Å². The highest BCUT2D eigenvalue weighted by Gasteiger charge is 2.53. The quantitative estimate of drug-likeness (QED) is 0.843. The second-order valence-corrected chi connectivity index (χ2v) is 7.00. The molecule has 2 aliphatic rings. The molecule has 6 nitrogen and oxygen atoms in total. The molecule has 2 N–H and O–H groups in total. The van der Waals surface area contributed by atoms with Crippen LogP contribution in [-0.2, 0) is 4.79 Å². The highest BCUT2D eigenvalue weighted by atomic mass is 16.4. The molecule has 1 aromatic rings. The molecule has 1 aromatic carbocycles. The predicted octanol–water partition coefficient (Wildman–Crippen LogP) is 0.499. The fourth-order valence-electron chi connectivity index (χ4n) is 3.62. The summed E-state index contributed by atoms with van der Waals surface area (Å²) in [5, 5.41) is 21.5. The van der Waals surface area contributed by atoms with E-state index in [1.165, 1.54) is 0 Å². The van der Waals surface area contributed by atoms with Crippen molar-refractivity contribution in [2.24, 2.45) is 0 Å². The first-order valence-corrected chi connectivity index (χ1v) is 8.69. The van der Waals surface area contributed by atoms with Crippen LogP contribution in [0.3, 0.4) is 0 Å². The topological polar surface area (TPSA) is 67.2 Å². The predicted molar refractivity (Wildman–Crippen MR) is 92.7 cm³/mol. The minimum absolute atomic E-state index is 0.242. The average molecular weight is 333 g/mol. The standard InChI is InChI=1S/C18H27N3O3/c1-14(2)19-10-12-20(13-11-19)16(22)18(24)8-9-21(17(18)23)15-6-4-3-5-7-15/h3-7,14,17,23-24H,8-13H2,1-2H3/t17?,18-/m0/s1. The second-order valence-electron chi connectivity index (χ2n) is 7.00. The van der Waals surface area contributed by atoms with Gasteiger partial charge in [-0.1, -0.05) is 18.2 Å². The van der Waals surface area contributed by atoms with Crippen LogP contribution < -0.4 is 4.90 Å². The van der Waals surface area contributed by atoms with Gasteiger partial charge in [0.25, 0.3) is 5.91 Å². The lowest BCUT2D eigenvalue weighted by atomic mass is 9.98. The number of benzene rings is 1. The summed E-state index contributed by atoms with van der Waals surface area (Å²) in [6, 6.07) is 9.87. The van der Waals surface area contributed by atoms with Crippen LogP contribution in [0.4, 0.5) is 5.69 Å². The minimum Gasteiger partial charge on any atom is -0.376 e. The number of nitrogens with zero attached hydrogens (tertiary/aromatic N) is 3. The van der Waals surface area contributed by atoms with Crippen LogP contribution in [0, 0.1) is 0 Å². The largest absolute Gasteiger partial charge is 0.376 e. The number of rotatable bonds is 3. The first-order chi connectivity index (χ1) is 11.4. The van der Waals surface area contributed by atoms with E-state index in [0.29, 0.717) is 25.7 Å². The van der Waals surface area contributed by atoms with E-state index in [-0.39, 0.29) is 12.3 Å². The molecule has 0 radical (unpaired) electrons. The molecule has 0 saturated carbocycles. The third-order valence-corrected chi connectivity index (χ3v) is 5.25. The summed E-state index contributed by atoms with van der Waals surface area (Å²) >= 11 is 0. The van der Waals surface area contributed by atoms with Gasteiger partial charge in [0.05, 0.1) is 0 Å². The number of anilines is 1. The van der Waals surface area contributed by atoms with Gasteiger partial charge in [0.2, 0.25) is 0 Å². The molecule has 6 heteroatoms. The number of hydrogen-bond acceptors (Lipinski definition) is 5. The van der Waals surface area contributed by atoms with Crippen molar-refractivity contribution in [1.29, 1.82) is 0 Å². The summed E-state index contributed by atoms with van der Waals surface area (Å²) < 4.78 is 0. The molecule has 1 unspecified atom stereocenters. The number of aliphatic hydroxyl groups is 2. The SMILES string of the molecule is CC(C)N1CCN(C(=O)[C@@]2(O)CCN(c3ccccc3)C2O)CC1. The smallest absolute Gasteiger partial charge is 0.259 e. The highest BCUT2D eigenvalue weighted by molar-refractivity contribution is 5.87. The normalized spacial score (nSPS) is 28.6. The Kier molecular flexibility index (Phi) is 4.80. The van der Waals surface area contributed by atoms with Crippen LogP contribution in [0.25, 0.3) is 0 Å². The Morgan fingerprint density at radius 1 is 1.12 bits per heavy atom. The molecule has 0 aliphatic carbocycles. The van der Waals surface area contributed by atoms with E-state index >= 15 is 0 Å². The molecule has 0 aromatic heterocycles. The van der Waals surface area contributed by atoms with Gasteiger partial charge >= 0.3 is 0 Å². The summed E-state index contributed by atoms with van der Waals surface area (Å²) in [6.07, 6.45) is -0.970. The Labute approximate surface area is 143 Å². The summed E-state index contributed by atoms with van der Waals surface area (Å²) in [5.41, 5.74) is -0.908. The van der Waals surface area contributed by atoms with Gasteiger partial charge in [0, 0.05) is 50.9 Å². The number of amides is 1. The maximum absolute atomic E-state index is 12.9. The van der Waals surface area contributed by atoms with E-state index < -0.39 is 11.8 Å². The molecule has 1 amide bonds. The zero-order chi connectivity index (χ0) is 17.3. The lowest BCUT2D eigenvalue weighted by Gasteiger charge is -2.40. The fourth-order valence-corrected chi connectivity index (χ4v) is 3.62. The van der Waals surface area contributed by atoms with Gasteiger partial charge in [-0.05, 0) is 26.0 Å². The molecule has 2 heterocycles. The third-order valence-electron chi connectivity index (χ3n) is 5.25. The monoisotopic (exact) mass is 333 g/mol. The molecule has 0 spiro atoms. The minimum atomic E-state index is -1.73. The zero-order valence-corrected chi connectivity index (χ0v) is 14.4. The van der Waals surface area contributed by atoms with Crippen LogP contribution in [0.1, 0.15) is 20.3 Å². The lowest BCUT2D eigenvalue weighted by Crippen LogP contribution is -2.60. The molecule has 2 aliphatic heterocycles. The Balaban J connectivity index is 1.69. The number of carbonyl (C=O) groups excluding carboxylic acids is 1. The molecule has 2 fully saturated rings. The molecular formula is C18H27N3O3. The number of para-hydroxylation sites is 1. The third kappa shape index (κ3) is 3.01. The summed E-state index contributed by atoms with van der Waals surface area (Å²) in [5.74, 6) is -0.350. The van der Waals surface area contributed by atoms with Gasteiger partial charge in [-0.2, -0.15) is 0 Å². The maximum Gasteiger partial charge on any atom is 0.259 e. The van der Waals surface area contributed by atoms with E-state index in [0.717, 1.165) is 18.8 Å². The van der Waals surface area contributed by atoms with Gasteiger partial charge < -0.3 is 20.0 Å².